The highest BCUT2D eigenvalue weighted by molar-refractivity contribution is 5.70. The van der Waals surface area contributed by atoms with Crippen LogP contribution >= 0.6 is 0 Å². The number of carboxylic acids is 1. The summed E-state index contributed by atoms with van der Waals surface area (Å²) in [6.45, 7) is 2.16. The number of hydrogen-bond acceptors (Lipinski definition) is 1. The molecule has 0 saturated heterocycles. The van der Waals surface area contributed by atoms with E-state index in [4.69, 9.17) is 5.11 Å². The molecular weight excluding hydrogens is 296 g/mol. The Hall–Kier alpha value is -2.35. The molecule has 2 heteroatoms. The summed E-state index contributed by atoms with van der Waals surface area (Å²) in [6.07, 6.45) is 7.37. The number of aliphatic carboxylic acids is 1. The van der Waals surface area contributed by atoms with Crippen molar-refractivity contribution in [3.8, 4) is 11.1 Å². The second-order valence-corrected chi connectivity index (χ2v) is 6.04. The zero-order valence-electron chi connectivity index (χ0n) is 14.4. The Kier molecular flexibility index (Phi) is 7.28. The van der Waals surface area contributed by atoms with Crippen molar-refractivity contribution in [1.29, 1.82) is 0 Å². The molecule has 2 aromatic rings. The van der Waals surface area contributed by atoms with Crippen molar-refractivity contribution in [3.05, 3.63) is 66.2 Å². The largest absolute Gasteiger partial charge is 0.481 e. The molecule has 2 nitrogen and oxygen atoms in total. The number of unbranched alkanes of at least 4 members (excludes halogenated alkanes) is 2. The summed E-state index contributed by atoms with van der Waals surface area (Å²) >= 11 is 0. The van der Waals surface area contributed by atoms with Crippen molar-refractivity contribution in [2.45, 2.75) is 45.4 Å². The molecular formula is C22H26O2. The van der Waals surface area contributed by atoms with Crippen LogP contribution in [0.5, 0.6) is 0 Å². The van der Waals surface area contributed by atoms with Gasteiger partial charge >= 0.3 is 5.97 Å². The van der Waals surface area contributed by atoms with Crippen LogP contribution in [-0.4, -0.2) is 11.1 Å². The molecule has 2 aromatic carbocycles. The summed E-state index contributed by atoms with van der Waals surface area (Å²) in [5.41, 5.74) is 5.11. The smallest absolute Gasteiger partial charge is 0.303 e. The summed E-state index contributed by atoms with van der Waals surface area (Å²) in [5, 5.41) is 8.69. The minimum Gasteiger partial charge on any atom is -0.481 e. The zero-order valence-corrected chi connectivity index (χ0v) is 14.4. The van der Waals surface area contributed by atoms with E-state index in [9.17, 15) is 4.79 Å². The topological polar surface area (TPSA) is 37.3 Å². The molecule has 0 aromatic heterocycles. The summed E-state index contributed by atoms with van der Waals surface area (Å²) in [5.74, 6) is -0.698. The molecule has 2 rings (SSSR count). The first-order chi connectivity index (χ1) is 11.7. The molecule has 0 aliphatic heterocycles. The third-order valence-electron chi connectivity index (χ3n) is 4.15. The first-order valence-electron chi connectivity index (χ1n) is 8.77. The van der Waals surface area contributed by atoms with E-state index < -0.39 is 5.97 Å². The van der Waals surface area contributed by atoms with E-state index in [1.165, 1.54) is 22.3 Å². The highest BCUT2D eigenvalue weighted by Crippen LogP contribution is 2.26. The van der Waals surface area contributed by atoms with E-state index in [-0.39, 0.29) is 6.42 Å². The van der Waals surface area contributed by atoms with Crippen molar-refractivity contribution in [2.75, 3.05) is 0 Å². The molecule has 0 aliphatic carbocycles. The van der Waals surface area contributed by atoms with Crippen LogP contribution in [0.1, 0.15) is 51.0 Å². The van der Waals surface area contributed by atoms with Gasteiger partial charge in [0.05, 0.1) is 0 Å². The van der Waals surface area contributed by atoms with Crippen LogP contribution in [0.15, 0.2) is 60.7 Å². The molecule has 0 amide bonds. The predicted octanol–water partition coefficient (Wildman–Crippen LogP) is 6.18. The van der Waals surface area contributed by atoms with Gasteiger partial charge in [0, 0.05) is 6.42 Å². The SMILES string of the molecule is CC/C=C(/CCCCCC(=O)O)c1ccc(-c2ccccc2)cc1. The Morgan fingerprint density at radius 1 is 0.875 bits per heavy atom. The predicted molar refractivity (Wildman–Crippen MR) is 101 cm³/mol. The molecule has 24 heavy (non-hydrogen) atoms. The highest BCUT2D eigenvalue weighted by atomic mass is 16.4. The van der Waals surface area contributed by atoms with E-state index in [0.717, 1.165) is 32.1 Å². The number of allylic oxidation sites excluding steroid dienone is 2. The van der Waals surface area contributed by atoms with Crippen molar-refractivity contribution in [1.82, 2.24) is 0 Å². The molecule has 0 unspecified atom stereocenters. The van der Waals surface area contributed by atoms with Gasteiger partial charge < -0.3 is 5.11 Å². The van der Waals surface area contributed by atoms with Crippen LogP contribution in [0.2, 0.25) is 0 Å². The van der Waals surface area contributed by atoms with E-state index in [2.05, 4.69) is 61.5 Å². The van der Waals surface area contributed by atoms with E-state index in [1.807, 2.05) is 6.07 Å². The summed E-state index contributed by atoms with van der Waals surface area (Å²) < 4.78 is 0. The minimum atomic E-state index is -0.698. The van der Waals surface area contributed by atoms with Crippen molar-refractivity contribution >= 4 is 11.5 Å². The van der Waals surface area contributed by atoms with E-state index >= 15 is 0 Å². The number of rotatable bonds is 9. The van der Waals surface area contributed by atoms with Gasteiger partial charge in [0.25, 0.3) is 0 Å². The molecule has 1 N–H and O–H groups in total. The van der Waals surface area contributed by atoms with Gasteiger partial charge in [-0.15, -0.1) is 0 Å². The molecule has 0 aliphatic rings. The third-order valence-corrected chi connectivity index (χ3v) is 4.15. The third kappa shape index (κ3) is 5.69. The Labute approximate surface area is 144 Å². The minimum absolute atomic E-state index is 0.276. The van der Waals surface area contributed by atoms with Gasteiger partial charge in [-0.05, 0) is 47.9 Å². The van der Waals surface area contributed by atoms with Gasteiger partial charge in [0.1, 0.15) is 0 Å². The number of carbonyl (C=O) groups is 1. The molecule has 0 atom stereocenters. The Bertz CT molecular complexity index is 654. The van der Waals surface area contributed by atoms with Gasteiger partial charge in [-0.1, -0.05) is 74.0 Å². The average Bonchev–Trinajstić information content (AvgIpc) is 2.61. The molecule has 0 heterocycles. The van der Waals surface area contributed by atoms with Crippen LogP contribution in [0.4, 0.5) is 0 Å². The quantitative estimate of drug-likeness (QED) is 0.559. The van der Waals surface area contributed by atoms with Gasteiger partial charge in [-0.2, -0.15) is 0 Å². The monoisotopic (exact) mass is 322 g/mol. The molecule has 0 spiro atoms. The van der Waals surface area contributed by atoms with Gasteiger partial charge in [0.15, 0.2) is 0 Å². The van der Waals surface area contributed by atoms with Crippen LogP contribution in [-0.2, 0) is 4.79 Å². The van der Waals surface area contributed by atoms with Gasteiger partial charge in [-0.25, -0.2) is 0 Å². The maximum Gasteiger partial charge on any atom is 0.303 e. The molecule has 0 radical (unpaired) electrons. The fourth-order valence-corrected chi connectivity index (χ4v) is 2.89. The second-order valence-electron chi connectivity index (χ2n) is 6.04. The van der Waals surface area contributed by atoms with Gasteiger partial charge in [-0.3, -0.25) is 4.79 Å². The van der Waals surface area contributed by atoms with Crippen molar-refractivity contribution < 1.29 is 9.90 Å². The lowest BCUT2D eigenvalue weighted by Crippen LogP contribution is -1.94. The number of carboxylic acid groups (broad SMARTS) is 1. The lowest BCUT2D eigenvalue weighted by atomic mass is 9.96. The van der Waals surface area contributed by atoms with Crippen LogP contribution in [0.3, 0.4) is 0 Å². The first-order valence-corrected chi connectivity index (χ1v) is 8.77. The number of benzene rings is 2. The Morgan fingerprint density at radius 3 is 2.12 bits per heavy atom. The summed E-state index contributed by atoms with van der Waals surface area (Å²) in [6, 6.07) is 19.1. The van der Waals surface area contributed by atoms with Gasteiger partial charge in [0.2, 0.25) is 0 Å². The van der Waals surface area contributed by atoms with Crippen molar-refractivity contribution in [2.24, 2.45) is 0 Å². The molecule has 0 saturated carbocycles. The first kappa shape index (κ1) is 18.0. The lowest BCUT2D eigenvalue weighted by molar-refractivity contribution is -0.137. The second kappa shape index (κ2) is 9.71. The maximum absolute atomic E-state index is 10.6. The normalized spacial score (nSPS) is 11.5. The maximum atomic E-state index is 10.6. The van der Waals surface area contributed by atoms with Crippen LogP contribution < -0.4 is 0 Å². The standard InChI is InChI=1S/C22H26O2/c1-2-9-18(10-7-4-8-13-22(23)24)20-14-16-21(17-15-20)19-11-5-3-6-12-19/h3,5-6,9,11-12,14-17H,2,4,7-8,10,13H2,1H3,(H,23,24)/b18-9-. The lowest BCUT2D eigenvalue weighted by Gasteiger charge is -2.09. The molecule has 0 bridgehead atoms. The van der Waals surface area contributed by atoms with Crippen molar-refractivity contribution in [3.63, 3.8) is 0 Å². The van der Waals surface area contributed by atoms with Crippen LogP contribution in [0, 0.1) is 0 Å². The molecule has 0 fully saturated rings. The number of hydrogen-bond donors (Lipinski definition) is 1. The average molecular weight is 322 g/mol. The molecule has 126 valence electrons. The Balaban J connectivity index is 1.98. The zero-order chi connectivity index (χ0) is 17.2. The van der Waals surface area contributed by atoms with Crippen LogP contribution in [0.25, 0.3) is 16.7 Å². The fourth-order valence-electron chi connectivity index (χ4n) is 2.89. The summed E-state index contributed by atoms with van der Waals surface area (Å²) in [4.78, 5) is 10.6. The fraction of sp³-hybridized carbons (Fsp3) is 0.318. The Morgan fingerprint density at radius 2 is 1.50 bits per heavy atom. The van der Waals surface area contributed by atoms with E-state index in [1.54, 1.807) is 0 Å². The van der Waals surface area contributed by atoms with E-state index in [0.29, 0.717) is 0 Å². The highest BCUT2D eigenvalue weighted by Gasteiger charge is 2.04. The summed E-state index contributed by atoms with van der Waals surface area (Å²) in [7, 11) is 0.